The molecule has 0 aliphatic rings. The number of carboxylic acids is 1. The van der Waals surface area contributed by atoms with E-state index in [1.807, 2.05) is 18.2 Å². The van der Waals surface area contributed by atoms with Crippen LogP contribution in [0.15, 0.2) is 54.6 Å². The Morgan fingerprint density at radius 1 is 0.966 bits per heavy atom. The van der Waals surface area contributed by atoms with Gasteiger partial charge in [0.15, 0.2) is 0 Å². The molecule has 0 saturated carbocycles. The largest absolute Gasteiger partial charge is 0.497 e. The summed E-state index contributed by atoms with van der Waals surface area (Å²) in [6.07, 6.45) is -0.672. The molecule has 0 unspecified atom stereocenters. The molecule has 29 heavy (non-hydrogen) atoms. The van der Waals surface area contributed by atoms with Crippen molar-refractivity contribution in [1.29, 1.82) is 0 Å². The van der Waals surface area contributed by atoms with Gasteiger partial charge in [0.1, 0.15) is 24.4 Å². The number of carboxylic acid groups (broad SMARTS) is 1. The van der Waals surface area contributed by atoms with Crippen LogP contribution in [0, 0.1) is 0 Å². The zero-order chi connectivity index (χ0) is 21.2. The molecule has 0 saturated heterocycles. The number of aliphatic carboxylic acids is 1. The van der Waals surface area contributed by atoms with E-state index in [9.17, 15) is 19.5 Å². The Morgan fingerprint density at radius 2 is 1.62 bits per heavy atom. The fourth-order valence-electron chi connectivity index (χ4n) is 2.50. The van der Waals surface area contributed by atoms with Crippen molar-refractivity contribution in [3.63, 3.8) is 0 Å². The van der Waals surface area contributed by atoms with Crippen molar-refractivity contribution in [2.75, 3.05) is 7.11 Å². The van der Waals surface area contributed by atoms with Gasteiger partial charge >= 0.3 is 12.1 Å². The number of carbonyl (C=O) groups is 3. The molecule has 2 rings (SSSR count). The predicted molar refractivity (Wildman–Crippen MR) is 105 cm³/mol. The third kappa shape index (κ3) is 7.17. The predicted octanol–water partition coefficient (Wildman–Crippen LogP) is 2.12. The maximum atomic E-state index is 12.3. The Labute approximate surface area is 168 Å². The van der Waals surface area contributed by atoms with Crippen molar-refractivity contribution < 1.29 is 29.0 Å². The minimum absolute atomic E-state index is 0.0657. The van der Waals surface area contributed by atoms with Crippen LogP contribution in [0.3, 0.4) is 0 Å². The molecule has 0 heterocycles. The smallest absolute Gasteiger partial charge is 0.408 e. The quantitative estimate of drug-likeness (QED) is 0.594. The normalized spacial score (nSPS) is 12.3. The van der Waals surface area contributed by atoms with Gasteiger partial charge in [0.2, 0.25) is 5.91 Å². The second kappa shape index (κ2) is 10.7. The second-order valence-corrected chi connectivity index (χ2v) is 6.38. The Hall–Kier alpha value is -3.55. The number of hydrogen-bond donors (Lipinski definition) is 3. The molecule has 0 radical (unpaired) electrons. The average molecular weight is 400 g/mol. The number of benzene rings is 2. The summed E-state index contributed by atoms with van der Waals surface area (Å²) in [5.74, 6) is -1.15. The summed E-state index contributed by atoms with van der Waals surface area (Å²) in [4.78, 5) is 35.7. The molecular formula is C21H24N2O6. The molecule has 154 valence electrons. The Balaban J connectivity index is 1.85. The number of rotatable bonds is 9. The SMILES string of the molecule is COc1ccc(C[C@H](NC(=O)[C@@H](C)NC(=O)OCc2ccccc2)C(=O)O)cc1. The van der Waals surface area contributed by atoms with E-state index in [2.05, 4.69) is 10.6 Å². The minimum Gasteiger partial charge on any atom is -0.497 e. The van der Waals surface area contributed by atoms with Crippen LogP contribution in [-0.4, -0.2) is 42.3 Å². The molecule has 0 spiro atoms. The van der Waals surface area contributed by atoms with Crippen LogP contribution in [0.25, 0.3) is 0 Å². The van der Waals surface area contributed by atoms with Crippen LogP contribution in [0.4, 0.5) is 4.79 Å². The van der Waals surface area contributed by atoms with Gasteiger partial charge in [-0.25, -0.2) is 9.59 Å². The van der Waals surface area contributed by atoms with Crippen LogP contribution in [0.5, 0.6) is 5.75 Å². The topological polar surface area (TPSA) is 114 Å². The number of carbonyl (C=O) groups excluding carboxylic acids is 2. The molecule has 0 bridgehead atoms. The number of ether oxygens (including phenoxy) is 2. The molecule has 8 heteroatoms. The first-order chi connectivity index (χ1) is 13.9. The first kappa shape index (κ1) is 21.7. The lowest BCUT2D eigenvalue weighted by molar-refractivity contribution is -0.142. The van der Waals surface area contributed by atoms with E-state index < -0.39 is 30.1 Å². The maximum Gasteiger partial charge on any atom is 0.408 e. The Kier molecular flexibility index (Phi) is 8.02. The third-order valence-corrected chi connectivity index (χ3v) is 4.15. The summed E-state index contributed by atoms with van der Waals surface area (Å²) < 4.78 is 10.1. The van der Waals surface area contributed by atoms with Crippen molar-refractivity contribution >= 4 is 18.0 Å². The standard InChI is InChI=1S/C21H24N2O6/c1-14(22-21(27)29-13-16-6-4-3-5-7-16)19(24)23-18(20(25)26)12-15-8-10-17(28-2)11-9-15/h3-11,14,18H,12-13H2,1-2H3,(H,22,27)(H,23,24)(H,25,26)/t14-,18+/m1/s1. The lowest BCUT2D eigenvalue weighted by atomic mass is 10.1. The lowest BCUT2D eigenvalue weighted by Gasteiger charge is -2.19. The van der Waals surface area contributed by atoms with E-state index in [1.165, 1.54) is 14.0 Å². The van der Waals surface area contributed by atoms with Crippen LogP contribution in [-0.2, 0) is 27.4 Å². The number of nitrogens with one attached hydrogen (secondary N) is 2. The van der Waals surface area contributed by atoms with Gasteiger partial charge in [-0.3, -0.25) is 4.79 Å². The molecule has 2 atom stereocenters. The fraction of sp³-hybridized carbons (Fsp3) is 0.286. The highest BCUT2D eigenvalue weighted by Crippen LogP contribution is 2.13. The fourth-order valence-corrected chi connectivity index (χ4v) is 2.50. The molecular weight excluding hydrogens is 376 g/mol. The molecule has 0 aliphatic carbocycles. The first-order valence-corrected chi connectivity index (χ1v) is 9.02. The zero-order valence-electron chi connectivity index (χ0n) is 16.3. The van der Waals surface area contributed by atoms with Crippen LogP contribution in [0.2, 0.25) is 0 Å². The van der Waals surface area contributed by atoms with Gasteiger partial charge in [-0.05, 0) is 30.2 Å². The number of hydrogen-bond acceptors (Lipinski definition) is 5. The summed E-state index contributed by atoms with van der Waals surface area (Å²) in [6, 6.07) is 13.9. The molecule has 2 aromatic rings. The van der Waals surface area contributed by atoms with Crippen LogP contribution < -0.4 is 15.4 Å². The molecule has 0 fully saturated rings. The molecule has 2 amide bonds. The van der Waals surface area contributed by atoms with Gasteiger partial charge < -0.3 is 25.2 Å². The summed E-state index contributed by atoms with van der Waals surface area (Å²) in [5.41, 5.74) is 1.53. The van der Waals surface area contributed by atoms with E-state index in [-0.39, 0.29) is 13.0 Å². The molecule has 3 N–H and O–H groups in total. The number of methoxy groups -OCH3 is 1. The van der Waals surface area contributed by atoms with Gasteiger partial charge in [0.05, 0.1) is 7.11 Å². The average Bonchev–Trinajstić information content (AvgIpc) is 2.72. The molecule has 8 nitrogen and oxygen atoms in total. The van der Waals surface area contributed by atoms with Crippen molar-refractivity contribution in [1.82, 2.24) is 10.6 Å². The maximum absolute atomic E-state index is 12.3. The van der Waals surface area contributed by atoms with Gasteiger partial charge in [-0.2, -0.15) is 0 Å². The molecule has 2 aromatic carbocycles. The van der Waals surface area contributed by atoms with E-state index in [1.54, 1.807) is 36.4 Å². The van der Waals surface area contributed by atoms with Crippen molar-refractivity contribution in [2.24, 2.45) is 0 Å². The zero-order valence-corrected chi connectivity index (χ0v) is 16.3. The van der Waals surface area contributed by atoms with Gasteiger partial charge in [-0.15, -0.1) is 0 Å². The monoisotopic (exact) mass is 400 g/mol. The minimum atomic E-state index is -1.17. The van der Waals surface area contributed by atoms with Gasteiger partial charge in [0.25, 0.3) is 0 Å². The van der Waals surface area contributed by atoms with Crippen molar-refractivity contribution in [3.05, 3.63) is 65.7 Å². The van der Waals surface area contributed by atoms with Gasteiger partial charge in [0, 0.05) is 6.42 Å². The van der Waals surface area contributed by atoms with E-state index in [4.69, 9.17) is 9.47 Å². The van der Waals surface area contributed by atoms with E-state index in [0.29, 0.717) is 5.75 Å². The van der Waals surface area contributed by atoms with E-state index in [0.717, 1.165) is 11.1 Å². The first-order valence-electron chi connectivity index (χ1n) is 9.02. The van der Waals surface area contributed by atoms with E-state index >= 15 is 0 Å². The highest BCUT2D eigenvalue weighted by molar-refractivity contribution is 5.89. The Bertz CT molecular complexity index is 823. The van der Waals surface area contributed by atoms with Crippen LogP contribution in [0.1, 0.15) is 18.1 Å². The number of alkyl carbamates (subject to hydrolysis) is 1. The third-order valence-electron chi connectivity index (χ3n) is 4.15. The highest BCUT2D eigenvalue weighted by atomic mass is 16.5. The second-order valence-electron chi connectivity index (χ2n) is 6.38. The summed E-state index contributed by atoms with van der Waals surface area (Å²) in [6.45, 7) is 1.52. The van der Waals surface area contributed by atoms with Gasteiger partial charge in [-0.1, -0.05) is 42.5 Å². The Morgan fingerprint density at radius 3 is 2.21 bits per heavy atom. The summed E-state index contributed by atoms with van der Waals surface area (Å²) in [5, 5.41) is 14.2. The number of amides is 2. The molecule has 0 aromatic heterocycles. The highest BCUT2D eigenvalue weighted by Gasteiger charge is 2.24. The van der Waals surface area contributed by atoms with Crippen molar-refractivity contribution in [2.45, 2.75) is 32.0 Å². The van der Waals surface area contributed by atoms with Crippen molar-refractivity contribution in [3.8, 4) is 5.75 Å². The molecule has 0 aliphatic heterocycles. The lowest BCUT2D eigenvalue weighted by Crippen LogP contribution is -2.51. The van der Waals surface area contributed by atoms with Crippen LogP contribution >= 0.6 is 0 Å². The summed E-state index contributed by atoms with van der Waals surface area (Å²) >= 11 is 0. The summed E-state index contributed by atoms with van der Waals surface area (Å²) in [7, 11) is 1.54.